The fraction of sp³-hybridized carbons (Fsp3) is 0.290. The first kappa shape index (κ1) is 31.5. The molecule has 0 aliphatic heterocycles. The fourth-order valence-electron chi connectivity index (χ4n) is 4.26. The van der Waals surface area contributed by atoms with Crippen LogP contribution in [0.4, 0.5) is 14.9 Å². The highest BCUT2D eigenvalue weighted by atomic mass is 32.1. The van der Waals surface area contributed by atoms with Gasteiger partial charge in [-0.15, -0.1) is 11.3 Å². The maximum atomic E-state index is 15.0. The Morgan fingerprint density at radius 2 is 1.91 bits per heavy atom. The van der Waals surface area contributed by atoms with E-state index in [2.05, 4.69) is 30.6 Å². The molecule has 0 spiro atoms. The zero-order valence-electron chi connectivity index (χ0n) is 25.2. The Morgan fingerprint density at radius 1 is 1.11 bits per heavy atom. The number of benzene rings is 2. The number of anilines is 1. The molecule has 0 unspecified atom stereocenters. The summed E-state index contributed by atoms with van der Waals surface area (Å²) in [6.45, 7) is 6.54. The third-order valence-corrected chi connectivity index (χ3v) is 7.40. The molecule has 3 N–H and O–H groups in total. The second kappa shape index (κ2) is 13.0. The van der Waals surface area contributed by atoms with Gasteiger partial charge in [0, 0.05) is 36.1 Å². The highest BCUT2D eigenvalue weighted by Gasteiger charge is 2.19. The summed E-state index contributed by atoms with van der Waals surface area (Å²) in [6, 6.07) is 9.60. The number of thiazole rings is 1. The van der Waals surface area contributed by atoms with Crippen molar-refractivity contribution in [2.75, 3.05) is 25.6 Å². The average molecular weight is 635 g/mol. The van der Waals surface area contributed by atoms with Crippen LogP contribution in [0.25, 0.3) is 31.8 Å². The highest BCUT2D eigenvalue weighted by Crippen LogP contribution is 2.37. The summed E-state index contributed by atoms with van der Waals surface area (Å²) >= 11 is 1.36. The third kappa shape index (κ3) is 7.77. The molecule has 5 rings (SSSR count). The SMILES string of the molecule is COc1cnc2c(-c3nc4cc(F)c(O[C@@H](C)COC(=O)Nc5ccnc(C(=O)NCC(C)(C)O)c5)cc4s3)cc(C)cc2n1. The molecular formula is C31H31FN6O6S. The molecule has 5 aromatic rings. The van der Waals surface area contributed by atoms with Gasteiger partial charge in [0.15, 0.2) is 11.6 Å². The molecular weight excluding hydrogens is 603 g/mol. The number of hydrogen-bond acceptors (Lipinski definition) is 11. The molecule has 12 nitrogen and oxygen atoms in total. The van der Waals surface area contributed by atoms with E-state index in [1.807, 2.05) is 19.1 Å². The molecule has 0 aliphatic rings. The Bertz CT molecular complexity index is 1890. The second-order valence-corrected chi connectivity index (χ2v) is 12.0. The van der Waals surface area contributed by atoms with E-state index in [9.17, 15) is 14.7 Å². The normalized spacial score (nSPS) is 12.2. The van der Waals surface area contributed by atoms with Crippen molar-refractivity contribution in [3.63, 3.8) is 0 Å². The van der Waals surface area contributed by atoms with Gasteiger partial charge in [-0.2, -0.15) is 0 Å². The van der Waals surface area contributed by atoms with Crippen LogP contribution in [0, 0.1) is 12.7 Å². The van der Waals surface area contributed by atoms with Crippen molar-refractivity contribution < 1.29 is 33.3 Å². The Morgan fingerprint density at radius 3 is 2.67 bits per heavy atom. The number of carbonyl (C=O) groups is 2. The van der Waals surface area contributed by atoms with Crippen molar-refractivity contribution in [3.05, 3.63) is 65.9 Å². The molecule has 2 aromatic carbocycles. The summed E-state index contributed by atoms with van der Waals surface area (Å²) in [7, 11) is 1.53. The van der Waals surface area contributed by atoms with E-state index in [4.69, 9.17) is 14.2 Å². The minimum Gasteiger partial charge on any atom is -0.484 e. The number of ether oxygens (including phenoxy) is 3. The summed E-state index contributed by atoms with van der Waals surface area (Å²) in [5, 5.41) is 15.5. The number of hydrogen-bond donors (Lipinski definition) is 3. The largest absolute Gasteiger partial charge is 0.484 e. The lowest BCUT2D eigenvalue weighted by molar-refractivity contribution is 0.0692. The number of amides is 2. The fourth-order valence-corrected chi connectivity index (χ4v) is 5.25. The van der Waals surface area contributed by atoms with Gasteiger partial charge in [-0.1, -0.05) is 0 Å². The van der Waals surface area contributed by atoms with Gasteiger partial charge in [-0.05, 0) is 57.5 Å². The van der Waals surface area contributed by atoms with Crippen LogP contribution in [0.5, 0.6) is 11.6 Å². The molecule has 0 radical (unpaired) electrons. The predicted octanol–water partition coefficient (Wildman–Crippen LogP) is 5.27. The Balaban J connectivity index is 1.23. The van der Waals surface area contributed by atoms with E-state index in [0.29, 0.717) is 32.1 Å². The highest BCUT2D eigenvalue weighted by molar-refractivity contribution is 7.21. The number of fused-ring (bicyclic) bond motifs is 2. The number of nitrogens with one attached hydrogen (secondary N) is 2. The number of rotatable bonds is 10. The van der Waals surface area contributed by atoms with Crippen molar-refractivity contribution >= 4 is 50.3 Å². The van der Waals surface area contributed by atoms with E-state index in [1.165, 1.54) is 49.0 Å². The van der Waals surface area contributed by atoms with Gasteiger partial charge in [-0.3, -0.25) is 15.1 Å². The van der Waals surface area contributed by atoms with E-state index < -0.39 is 29.5 Å². The van der Waals surface area contributed by atoms with E-state index >= 15 is 4.39 Å². The summed E-state index contributed by atoms with van der Waals surface area (Å²) in [6.07, 6.45) is 1.41. The maximum Gasteiger partial charge on any atom is 0.411 e. The number of aryl methyl sites for hydroxylation is 1. The molecule has 234 valence electrons. The molecule has 1 atom stereocenters. The van der Waals surface area contributed by atoms with Crippen molar-refractivity contribution in [2.24, 2.45) is 0 Å². The van der Waals surface area contributed by atoms with Gasteiger partial charge in [0.05, 0.1) is 40.2 Å². The van der Waals surface area contributed by atoms with Crippen LogP contribution in [0.2, 0.25) is 0 Å². The number of pyridine rings is 1. The Labute approximate surface area is 261 Å². The monoisotopic (exact) mass is 634 g/mol. The minimum absolute atomic E-state index is 0.0105. The lowest BCUT2D eigenvalue weighted by Crippen LogP contribution is -2.38. The Hall–Kier alpha value is -4.95. The summed E-state index contributed by atoms with van der Waals surface area (Å²) in [5.74, 6) is -0.729. The number of methoxy groups -OCH3 is 1. The second-order valence-electron chi connectivity index (χ2n) is 10.9. The molecule has 45 heavy (non-hydrogen) atoms. The molecule has 0 fully saturated rings. The van der Waals surface area contributed by atoms with Crippen LogP contribution < -0.4 is 20.1 Å². The minimum atomic E-state index is -1.09. The quantitative estimate of drug-likeness (QED) is 0.185. The lowest BCUT2D eigenvalue weighted by Gasteiger charge is -2.17. The van der Waals surface area contributed by atoms with E-state index in [1.54, 1.807) is 26.8 Å². The molecule has 14 heteroatoms. The topological polar surface area (TPSA) is 158 Å². The van der Waals surface area contributed by atoms with Crippen molar-refractivity contribution in [2.45, 2.75) is 39.4 Å². The van der Waals surface area contributed by atoms with Gasteiger partial charge in [-0.25, -0.2) is 24.1 Å². The lowest BCUT2D eigenvalue weighted by atomic mass is 10.1. The first-order valence-electron chi connectivity index (χ1n) is 13.9. The number of nitrogens with zero attached hydrogens (tertiary/aromatic N) is 4. The first-order valence-corrected chi connectivity index (χ1v) is 14.7. The number of aromatic nitrogens is 4. The van der Waals surface area contributed by atoms with Crippen molar-refractivity contribution in [1.82, 2.24) is 25.3 Å². The van der Waals surface area contributed by atoms with E-state index in [-0.39, 0.29) is 30.3 Å². The van der Waals surface area contributed by atoms with Gasteiger partial charge in [0.1, 0.15) is 23.4 Å². The number of carbonyl (C=O) groups excluding carboxylic acids is 2. The molecule has 3 heterocycles. The molecule has 0 bridgehead atoms. The van der Waals surface area contributed by atoms with Gasteiger partial charge in [0.25, 0.3) is 5.91 Å². The van der Waals surface area contributed by atoms with Gasteiger partial charge < -0.3 is 24.6 Å². The zero-order valence-corrected chi connectivity index (χ0v) is 26.0. The molecule has 2 amide bonds. The standard InChI is InChI=1S/C31H31FN6O6S/c1-16-8-19(27-22(9-16)37-26(42-5)13-34-27)29-38-21-11-20(32)24(12-25(21)45-29)44-17(2)14-43-30(40)36-18-6-7-33-23(10-18)28(39)35-15-31(3,4)41/h6-13,17,41H,14-15H2,1-5H3,(H,35,39)(H,33,36,40)/t17-/m0/s1. The average Bonchev–Trinajstić information content (AvgIpc) is 3.40. The zero-order chi connectivity index (χ0) is 32.3. The van der Waals surface area contributed by atoms with Crippen molar-refractivity contribution in [1.29, 1.82) is 0 Å². The molecule has 0 saturated heterocycles. The Kier molecular flexibility index (Phi) is 9.06. The third-order valence-electron chi connectivity index (χ3n) is 6.35. The number of aliphatic hydroxyl groups is 1. The summed E-state index contributed by atoms with van der Waals surface area (Å²) < 4.78 is 31.9. The maximum absolute atomic E-state index is 15.0. The first-order chi connectivity index (χ1) is 21.4. The van der Waals surface area contributed by atoms with Crippen LogP contribution in [0.15, 0.2) is 48.8 Å². The smallest absolute Gasteiger partial charge is 0.411 e. The van der Waals surface area contributed by atoms with E-state index in [0.717, 1.165) is 11.1 Å². The van der Waals surface area contributed by atoms with Crippen LogP contribution in [-0.2, 0) is 4.74 Å². The predicted molar refractivity (Wildman–Crippen MR) is 167 cm³/mol. The van der Waals surface area contributed by atoms with Crippen LogP contribution in [0.3, 0.4) is 0 Å². The van der Waals surface area contributed by atoms with Crippen LogP contribution >= 0.6 is 11.3 Å². The summed E-state index contributed by atoms with van der Waals surface area (Å²) in [4.78, 5) is 42.3. The molecule has 0 aliphatic carbocycles. The molecule has 0 saturated carbocycles. The van der Waals surface area contributed by atoms with Crippen LogP contribution in [0.1, 0.15) is 36.8 Å². The van der Waals surface area contributed by atoms with Gasteiger partial charge in [0.2, 0.25) is 5.88 Å². The van der Waals surface area contributed by atoms with Crippen LogP contribution in [-0.4, -0.2) is 69.0 Å². The van der Waals surface area contributed by atoms with Crippen molar-refractivity contribution in [3.8, 4) is 22.2 Å². The summed E-state index contributed by atoms with van der Waals surface area (Å²) in [5.41, 5.74) is 2.75. The number of halogens is 1. The molecule has 3 aromatic heterocycles. The van der Waals surface area contributed by atoms with Gasteiger partial charge >= 0.3 is 6.09 Å².